The Balaban J connectivity index is 1.35. The van der Waals surface area contributed by atoms with E-state index in [0.29, 0.717) is 17.7 Å². The van der Waals surface area contributed by atoms with Crippen molar-refractivity contribution in [1.29, 1.82) is 0 Å². The second kappa shape index (κ2) is 6.95. The SMILES string of the molecule is Cc1cnn(CC(=O)[C@H]2CCC3C4CCC5CC(C)CCC5(C)C4CCC32C)c1. The number of ketones is 1. The van der Waals surface area contributed by atoms with Gasteiger partial charge >= 0.3 is 0 Å². The third-order valence-corrected chi connectivity index (χ3v) is 10.4. The molecule has 0 bridgehead atoms. The van der Waals surface area contributed by atoms with Crippen LogP contribution in [0.15, 0.2) is 12.4 Å². The highest BCUT2D eigenvalue weighted by Gasteiger charge is 2.60. The van der Waals surface area contributed by atoms with E-state index in [0.717, 1.165) is 41.6 Å². The number of aryl methyl sites for hydroxylation is 1. The van der Waals surface area contributed by atoms with Gasteiger partial charge in [-0.15, -0.1) is 0 Å². The third-order valence-electron chi connectivity index (χ3n) is 10.4. The van der Waals surface area contributed by atoms with E-state index in [1.54, 1.807) is 0 Å². The van der Waals surface area contributed by atoms with E-state index in [-0.39, 0.29) is 11.3 Å². The number of hydrogen-bond donors (Lipinski definition) is 0. The lowest BCUT2D eigenvalue weighted by Crippen LogP contribution is -2.53. The lowest BCUT2D eigenvalue weighted by Gasteiger charge is -2.61. The minimum atomic E-state index is 0.228. The number of carbonyl (C=O) groups is 1. The maximum absolute atomic E-state index is 13.3. The summed E-state index contributed by atoms with van der Waals surface area (Å²) in [6.45, 7) is 10.1. The average Bonchev–Trinajstić information content (AvgIpc) is 3.24. The Hall–Kier alpha value is -1.12. The van der Waals surface area contributed by atoms with E-state index in [9.17, 15) is 4.79 Å². The van der Waals surface area contributed by atoms with E-state index in [4.69, 9.17) is 0 Å². The van der Waals surface area contributed by atoms with Crippen molar-refractivity contribution in [1.82, 2.24) is 9.78 Å². The molecule has 4 aliphatic carbocycles. The minimum Gasteiger partial charge on any atom is -0.297 e. The van der Waals surface area contributed by atoms with Crippen molar-refractivity contribution in [3.63, 3.8) is 0 Å². The third kappa shape index (κ3) is 3.05. The molecule has 4 fully saturated rings. The lowest BCUT2D eigenvalue weighted by atomic mass is 9.44. The van der Waals surface area contributed by atoms with Crippen molar-refractivity contribution in [2.45, 2.75) is 92.0 Å². The van der Waals surface area contributed by atoms with Gasteiger partial charge in [-0.25, -0.2) is 0 Å². The van der Waals surface area contributed by atoms with Gasteiger partial charge in [-0.1, -0.05) is 27.2 Å². The van der Waals surface area contributed by atoms with Crippen LogP contribution in [0, 0.1) is 53.3 Å². The molecule has 8 atom stereocenters. The fraction of sp³-hybridized carbons (Fsp3) is 0.846. The van der Waals surface area contributed by atoms with Gasteiger partial charge < -0.3 is 0 Å². The average molecular weight is 397 g/mol. The van der Waals surface area contributed by atoms with Crippen molar-refractivity contribution in [2.75, 3.05) is 0 Å². The van der Waals surface area contributed by atoms with Gasteiger partial charge in [-0.3, -0.25) is 9.48 Å². The Morgan fingerprint density at radius 2 is 1.83 bits per heavy atom. The lowest BCUT2D eigenvalue weighted by molar-refractivity contribution is -0.137. The largest absolute Gasteiger partial charge is 0.297 e. The van der Waals surface area contributed by atoms with Gasteiger partial charge in [0, 0.05) is 12.1 Å². The number of nitrogens with zero attached hydrogens (tertiary/aromatic N) is 2. The van der Waals surface area contributed by atoms with Crippen LogP contribution >= 0.6 is 0 Å². The molecule has 160 valence electrons. The van der Waals surface area contributed by atoms with E-state index in [1.807, 2.05) is 24.0 Å². The molecule has 3 heteroatoms. The quantitative estimate of drug-likeness (QED) is 0.623. The summed E-state index contributed by atoms with van der Waals surface area (Å²) in [6, 6.07) is 0. The molecule has 3 nitrogen and oxygen atoms in total. The number of aromatic nitrogens is 2. The van der Waals surface area contributed by atoms with Gasteiger partial charge in [0.15, 0.2) is 5.78 Å². The zero-order valence-corrected chi connectivity index (χ0v) is 19.0. The van der Waals surface area contributed by atoms with Crippen LogP contribution in [0.5, 0.6) is 0 Å². The monoisotopic (exact) mass is 396 g/mol. The summed E-state index contributed by atoms with van der Waals surface area (Å²) in [4.78, 5) is 13.3. The zero-order chi connectivity index (χ0) is 20.4. The topological polar surface area (TPSA) is 34.9 Å². The van der Waals surface area contributed by atoms with Crippen molar-refractivity contribution in [3.05, 3.63) is 18.0 Å². The standard InChI is InChI=1S/C26H40N2O/c1-17-9-11-25(3)19(13-17)5-6-20-21-7-8-23(26(21,4)12-10-22(20)25)24(29)16-28-15-18(2)14-27-28/h14-15,17,19-23H,5-13,16H2,1-4H3/t17?,19?,20?,21?,22?,23-,25?,26?/m1/s1. The second-order valence-electron chi connectivity index (χ2n) is 11.9. The van der Waals surface area contributed by atoms with Gasteiger partial charge in [0.05, 0.1) is 12.7 Å². The molecule has 0 saturated heterocycles. The molecule has 0 aromatic carbocycles. The summed E-state index contributed by atoms with van der Waals surface area (Å²) in [5.41, 5.74) is 1.94. The Morgan fingerprint density at radius 3 is 2.59 bits per heavy atom. The molecular formula is C26H40N2O. The molecule has 5 rings (SSSR count). The highest BCUT2D eigenvalue weighted by molar-refractivity contribution is 5.82. The molecule has 4 saturated carbocycles. The van der Waals surface area contributed by atoms with Crippen LogP contribution in [0.2, 0.25) is 0 Å². The number of fused-ring (bicyclic) bond motifs is 5. The molecule has 0 N–H and O–H groups in total. The molecule has 1 heterocycles. The smallest absolute Gasteiger partial charge is 0.157 e. The fourth-order valence-electron chi connectivity index (χ4n) is 8.82. The maximum atomic E-state index is 13.3. The van der Waals surface area contributed by atoms with E-state index < -0.39 is 0 Å². The van der Waals surface area contributed by atoms with E-state index >= 15 is 0 Å². The normalized spacial score (nSPS) is 46.6. The van der Waals surface area contributed by atoms with Crippen LogP contribution in [0.25, 0.3) is 0 Å². The van der Waals surface area contributed by atoms with Crippen molar-refractivity contribution < 1.29 is 4.79 Å². The minimum absolute atomic E-state index is 0.228. The second-order valence-corrected chi connectivity index (χ2v) is 11.9. The molecule has 1 aromatic rings. The number of carbonyl (C=O) groups excluding carboxylic acids is 1. The highest BCUT2D eigenvalue weighted by atomic mass is 16.1. The first kappa shape index (κ1) is 19.8. The van der Waals surface area contributed by atoms with Crippen LogP contribution in [0.1, 0.15) is 84.1 Å². The van der Waals surface area contributed by atoms with Crippen LogP contribution in [-0.2, 0) is 11.3 Å². The molecule has 7 unspecified atom stereocenters. The maximum Gasteiger partial charge on any atom is 0.157 e. The first-order valence-electron chi connectivity index (χ1n) is 12.3. The summed E-state index contributed by atoms with van der Waals surface area (Å²) in [5, 5.41) is 4.38. The summed E-state index contributed by atoms with van der Waals surface area (Å²) in [5.74, 6) is 5.11. The van der Waals surface area contributed by atoms with Gasteiger partial charge in [-0.2, -0.15) is 5.10 Å². The predicted octanol–water partition coefficient (Wildman–Crippen LogP) is 6.06. The van der Waals surface area contributed by atoms with Gasteiger partial charge in [0.25, 0.3) is 0 Å². The molecule has 29 heavy (non-hydrogen) atoms. The first-order valence-corrected chi connectivity index (χ1v) is 12.3. The summed E-state index contributed by atoms with van der Waals surface area (Å²) in [6.07, 6.45) is 16.1. The molecule has 0 aliphatic heterocycles. The molecular weight excluding hydrogens is 356 g/mol. The molecule has 4 aliphatic rings. The number of rotatable bonds is 3. The van der Waals surface area contributed by atoms with Crippen molar-refractivity contribution in [3.8, 4) is 0 Å². The summed E-state index contributed by atoms with van der Waals surface area (Å²) in [7, 11) is 0. The van der Waals surface area contributed by atoms with Crippen LogP contribution in [-0.4, -0.2) is 15.6 Å². The summed E-state index contributed by atoms with van der Waals surface area (Å²) < 4.78 is 1.86. The van der Waals surface area contributed by atoms with Crippen LogP contribution in [0.4, 0.5) is 0 Å². The molecule has 0 radical (unpaired) electrons. The van der Waals surface area contributed by atoms with Crippen molar-refractivity contribution in [2.24, 2.45) is 46.3 Å². The molecule has 1 aromatic heterocycles. The van der Waals surface area contributed by atoms with E-state index in [1.165, 1.54) is 51.4 Å². The molecule has 0 amide bonds. The Labute approximate surface area is 177 Å². The number of Topliss-reactive ketones (excluding diaryl/α,β-unsaturated/α-hetero) is 1. The highest BCUT2D eigenvalue weighted by Crippen LogP contribution is 2.67. The van der Waals surface area contributed by atoms with Crippen LogP contribution < -0.4 is 0 Å². The van der Waals surface area contributed by atoms with Gasteiger partial charge in [0.2, 0.25) is 0 Å². The zero-order valence-electron chi connectivity index (χ0n) is 19.0. The Kier molecular flexibility index (Phi) is 4.75. The first-order chi connectivity index (χ1) is 13.8. The predicted molar refractivity (Wildman–Crippen MR) is 116 cm³/mol. The van der Waals surface area contributed by atoms with Gasteiger partial charge in [0.1, 0.15) is 0 Å². The van der Waals surface area contributed by atoms with Crippen LogP contribution in [0.3, 0.4) is 0 Å². The summed E-state index contributed by atoms with van der Waals surface area (Å²) >= 11 is 0. The Morgan fingerprint density at radius 1 is 1.07 bits per heavy atom. The molecule has 0 spiro atoms. The van der Waals surface area contributed by atoms with E-state index in [2.05, 4.69) is 25.9 Å². The Bertz CT molecular complexity index is 783. The number of hydrogen-bond acceptors (Lipinski definition) is 2. The van der Waals surface area contributed by atoms with Crippen molar-refractivity contribution >= 4 is 5.78 Å². The fourth-order valence-corrected chi connectivity index (χ4v) is 8.82. The van der Waals surface area contributed by atoms with Gasteiger partial charge in [-0.05, 0) is 104 Å².